The van der Waals surface area contributed by atoms with Crippen LogP contribution in [-0.4, -0.2) is 22.5 Å². The Balaban J connectivity index is 1.84. The molecule has 4 nitrogen and oxygen atoms in total. The molecule has 0 spiro atoms. The van der Waals surface area contributed by atoms with Gasteiger partial charge in [0.2, 0.25) is 0 Å². The van der Waals surface area contributed by atoms with Crippen LogP contribution in [0.25, 0.3) is 0 Å². The van der Waals surface area contributed by atoms with E-state index in [4.69, 9.17) is 9.52 Å². The fourth-order valence-electron chi connectivity index (χ4n) is 3.02. The fraction of sp³-hybridized carbons (Fsp3) is 0.389. The SMILES string of the molecule is Cc1ccc(C2CCCCN2C(=O)c2ccc(CO)cc2)o1. The zero-order chi connectivity index (χ0) is 15.5. The summed E-state index contributed by atoms with van der Waals surface area (Å²) in [5.41, 5.74) is 1.47. The molecule has 1 aromatic heterocycles. The first-order valence-electron chi connectivity index (χ1n) is 7.76. The van der Waals surface area contributed by atoms with E-state index in [-0.39, 0.29) is 18.6 Å². The van der Waals surface area contributed by atoms with E-state index >= 15 is 0 Å². The molecular formula is C18H21NO3. The maximum absolute atomic E-state index is 12.8. The predicted molar refractivity (Wildman–Crippen MR) is 83.4 cm³/mol. The van der Waals surface area contributed by atoms with Crippen molar-refractivity contribution in [3.63, 3.8) is 0 Å². The average Bonchev–Trinajstić information content (AvgIpc) is 3.00. The third-order valence-corrected chi connectivity index (χ3v) is 4.24. The Labute approximate surface area is 130 Å². The van der Waals surface area contributed by atoms with Crippen LogP contribution in [0.1, 0.15) is 52.7 Å². The molecule has 2 heterocycles. The molecule has 2 aromatic rings. The average molecular weight is 299 g/mol. The minimum Gasteiger partial charge on any atom is -0.464 e. The number of aryl methyl sites for hydroxylation is 1. The molecule has 1 fully saturated rings. The van der Waals surface area contributed by atoms with Crippen molar-refractivity contribution in [2.45, 2.75) is 38.8 Å². The van der Waals surface area contributed by atoms with Crippen molar-refractivity contribution in [2.24, 2.45) is 0 Å². The van der Waals surface area contributed by atoms with Crippen molar-refractivity contribution in [1.29, 1.82) is 0 Å². The normalized spacial score (nSPS) is 18.5. The van der Waals surface area contributed by atoms with Gasteiger partial charge in [-0.05, 0) is 56.0 Å². The molecule has 4 heteroatoms. The minimum atomic E-state index is -0.00746. The van der Waals surface area contributed by atoms with Gasteiger partial charge in [-0.3, -0.25) is 4.79 Å². The molecule has 0 saturated carbocycles. The molecule has 1 aliphatic heterocycles. The predicted octanol–water partition coefficient (Wildman–Crippen LogP) is 3.45. The first kappa shape index (κ1) is 14.9. The van der Waals surface area contributed by atoms with E-state index in [0.29, 0.717) is 5.56 Å². The number of aliphatic hydroxyl groups excluding tert-OH is 1. The minimum absolute atomic E-state index is 0.00746. The summed E-state index contributed by atoms with van der Waals surface area (Å²) in [5.74, 6) is 1.78. The number of benzene rings is 1. The molecule has 1 amide bonds. The van der Waals surface area contributed by atoms with Crippen LogP contribution < -0.4 is 0 Å². The number of hydrogen-bond acceptors (Lipinski definition) is 3. The largest absolute Gasteiger partial charge is 0.464 e. The van der Waals surface area contributed by atoms with Crippen LogP contribution in [0.4, 0.5) is 0 Å². The van der Waals surface area contributed by atoms with Crippen LogP contribution in [0, 0.1) is 6.92 Å². The fourth-order valence-corrected chi connectivity index (χ4v) is 3.02. The van der Waals surface area contributed by atoms with Crippen molar-refractivity contribution in [3.8, 4) is 0 Å². The van der Waals surface area contributed by atoms with Crippen LogP contribution in [0.2, 0.25) is 0 Å². The second-order valence-corrected chi connectivity index (χ2v) is 5.81. The summed E-state index contributed by atoms with van der Waals surface area (Å²) in [5, 5.41) is 9.10. The maximum atomic E-state index is 12.8. The van der Waals surface area contributed by atoms with Gasteiger partial charge in [-0.2, -0.15) is 0 Å². The number of rotatable bonds is 3. The van der Waals surface area contributed by atoms with Gasteiger partial charge in [0.05, 0.1) is 12.6 Å². The van der Waals surface area contributed by atoms with Crippen LogP contribution in [0.3, 0.4) is 0 Å². The molecule has 1 unspecified atom stereocenters. The summed E-state index contributed by atoms with van der Waals surface area (Å²) in [6, 6.07) is 11.1. The van der Waals surface area contributed by atoms with Gasteiger partial charge in [0.15, 0.2) is 0 Å². The van der Waals surface area contributed by atoms with E-state index in [9.17, 15) is 4.79 Å². The van der Waals surface area contributed by atoms with Crippen molar-refractivity contribution < 1.29 is 14.3 Å². The molecule has 3 rings (SSSR count). The second kappa shape index (κ2) is 6.36. The Morgan fingerprint density at radius 2 is 2.00 bits per heavy atom. The topological polar surface area (TPSA) is 53.7 Å². The Morgan fingerprint density at radius 1 is 1.23 bits per heavy atom. The first-order valence-corrected chi connectivity index (χ1v) is 7.76. The highest BCUT2D eigenvalue weighted by molar-refractivity contribution is 5.94. The lowest BCUT2D eigenvalue weighted by molar-refractivity contribution is 0.0579. The zero-order valence-corrected chi connectivity index (χ0v) is 12.8. The van der Waals surface area contributed by atoms with Gasteiger partial charge < -0.3 is 14.4 Å². The molecule has 1 atom stereocenters. The van der Waals surface area contributed by atoms with Crippen molar-refractivity contribution >= 4 is 5.91 Å². The summed E-state index contributed by atoms with van der Waals surface area (Å²) in [6.07, 6.45) is 3.07. The summed E-state index contributed by atoms with van der Waals surface area (Å²) in [7, 11) is 0. The number of carbonyl (C=O) groups excluding carboxylic acids is 1. The molecule has 1 N–H and O–H groups in total. The molecular weight excluding hydrogens is 278 g/mol. The highest BCUT2D eigenvalue weighted by atomic mass is 16.3. The van der Waals surface area contributed by atoms with Crippen LogP contribution in [0.5, 0.6) is 0 Å². The van der Waals surface area contributed by atoms with Gasteiger partial charge in [-0.1, -0.05) is 12.1 Å². The van der Waals surface area contributed by atoms with Crippen molar-refractivity contribution in [2.75, 3.05) is 6.54 Å². The Hall–Kier alpha value is -2.07. The van der Waals surface area contributed by atoms with Crippen molar-refractivity contribution in [1.82, 2.24) is 4.90 Å². The van der Waals surface area contributed by atoms with E-state index in [1.807, 2.05) is 24.0 Å². The van der Waals surface area contributed by atoms with Gasteiger partial charge in [-0.25, -0.2) is 0 Å². The third kappa shape index (κ3) is 2.92. The molecule has 1 aromatic carbocycles. The first-order chi connectivity index (χ1) is 10.7. The summed E-state index contributed by atoms with van der Waals surface area (Å²) in [6.45, 7) is 2.67. The van der Waals surface area contributed by atoms with Crippen molar-refractivity contribution in [3.05, 3.63) is 59.0 Å². The quantitative estimate of drug-likeness (QED) is 0.944. The van der Waals surface area contributed by atoms with E-state index in [1.165, 1.54) is 0 Å². The molecule has 1 saturated heterocycles. The standard InChI is InChI=1S/C18H21NO3/c1-13-5-10-17(22-13)16-4-2-3-11-19(16)18(21)15-8-6-14(12-20)7-9-15/h5-10,16,20H,2-4,11-12H2,1H3. The second-order valence-electron chi connectivity index (χ2n) is 5.81. The van der Waals surface area contributed by atoms with Gasteiger partial charge in [-0.15, -0.1) is 0 Å². The highest BCUT2D eigenvalue weighted by Crippen LogP contribution is 2.33. The molecule has 22 heavy (non-hydrogen) atoms. The lowest BCUT2D eigenvalue weighted by Gasteiger charge is -2.34. The van der Waals surface area contributed by atoms with E-state index in [0.717, 1.165) is 42.9 Å². The number of furan rings is 1. The van der Waals surface area contributed by atoms with Gasteiger partial charge in [0, 0.05) is 12.1 Å². The summed E-state index contributed by atoms with van der Waals surface area (Å²) in [4.78, 5) is 14.7. The maximum Gasteiger partial charge on any atom is 0.254 e. The summed E-state index contributed by atoms with van der Waals surface area (Å²) < 4.78 is 5.75. The number of hydrogen-bond donors (Lipinski definition) is 1. The lowest BCUT2D eigenvalue weighted by Crippen LogP contribution is -2.38. The molecule has 0 radical (unpaired) electrons. The lowest BCUT2D eigenvalue weighted by atomic mass is 9.98. The monoisotopic (exact) mass is 299 g/mol. The van der Waals surface area contributed by atoms with E-state index in [2.05, 4.69) is 0 Å². The van der Waals surface area contributed by atoms with Gasteiger partial charge >= 0.3 is 0 Å². The molecule has 116 valence electrons. The zero-order valence-electron chi connectivity index (χ0n) is 12.8. The third-order valence-electron chi connectivity index (χ3n) is 4.24. The van der Waals surface area contributed by atoms with E-state index < -0.39 is 0 Å². The summed E-state index contributed by atoms with van der Waals surface area (Å²) >= 11 is 0. The van der Waals surface area contributed by atoms with Crippen LogP contribution in [-0.2, 0) is 6.61 Å². The van der Waals surface area contributed by atoms with E-state index in [1.54, 1.807) is 24.3 Å². The Morgan fingerprint density at radius 3 is 2.64 bits per heavy atom. The Bertz CT molecular complexity index is 645. The number of aliphatic hydroxyl groups is 1. The highest BCUT2D eigenvalue weighted by Gasteiger charge is 2.30. The Kier molecular flexibility index (Phi) is 4.29. The number of amides is 1. The van der Waals surface area contributed by atoms with Crippen LogP contribution >= 0.6 is 0 Å². The van der Waals surface area contributed by atoms with Gasteiger partial charge in [0.1, 0.15) is 11.5 Å². The van der Waals surface area contributed by atoms with Crippen LogP contribution in [0.15, 0.2) is 40.8 Å². The number of nitrogens with zero attached hydrogens (tertiary/aromatic N) is 1. The number of likely N-dealkylation sites (tertiary alicyclic amines) is 1. The smallest absolute Gasteiger partial charge is 0.254 e. The number of carbonyl (C=O) groups is 1. The van der Waals surface area contributed by atoms with Gasteiger partial charge in [0.25, 0.3) is 5.91 Å². The molecule has 0 aliphatic carbocycles. The molecule has 1 aliphatic rings. The molecule has 0 bridgehead atoms. The number of piperidine rings is 1.